The molecule has 3 heterocycles. The maximum Gasteiger partial charge on any atom is 0.306 e. The molecule has 1 aromatic heterocycles. The van der Waals surface area contributed by atoms with Crippen LogP contribution in [0.25, 0.3) is 10.9 Å². The fourth-order valence-corrected chi connectivity index (χ4v) is 5.46. The fraction of sp³-hybridized carbons (Fsp3) is 0.550. The maximum atomic E-state index is 11.9. The highest BCUT2D eigenvalue weighted by Gasteiger charge is 2.52. The van der Waals surface area contributed by atoms with Crippen LogP contribution in [0, 0.1) is 21.4 Å². The van der Waals surface area contributed by atoms with Gasteiger partial charge in [-0.1, -0.05) is 13.8 Å². The smallest absolute Gasteiger partial charge is 0.306 e. The minimum absolute atomic E-state index is 0.0116. The summed E-state index contributed by atoms with van der Waals surface area (Å²) in [5.41, 5.74) is 2.76. The van der Waals surface area contributed by atoms with Gasteiger partial charge in [-0.2, -0.15) is 0 Å². The number of fused-ring (bicyclic) bond motifs is 5. The minimum atomic E-state index is -0.752. The highest BCUT2D eigenvalue weighted by Crippen LogP contribution is 2.55. The summed E-state index contributed by atoms with van der Waals surface area (Å²) in [6, 6.07) is 4.99. The quantitative estimate of drug-likeness (QED) is 0.627. The topological polar surface area (TPSA) is 99.5 Å². The van der Waals surface area contributed by atoms with E-state index in [1.807, 2.05) is 13.0 Å². The number of hydrogen-bond donors (Lipinski definition) is 2. The number of piperidine rings is 1. The number of aromatic amines is 1. The number of hydrogen-bond acceptors (Lipinski definition) is 4. The molecule has 0 saturated carbocycles. The molecule has 4 rings (SSSR count). The third-order valence-corrected chi connectivity index (χ3v) is 6.94. The van der Waals surface area contributed by atoms with Gasteiger partial charge >= 0.3 is 5.97 Å². The highest BCUT2D eigenvalue weighted by molar-refractivity contribution is 5.87. The van der Waals surface area contributed by atoms with Crippen LogP contribution in [-0.2, 0) is 11.2 Å². The average molecular weight is 371 g/mol. The predicted molar refractivity (Wildman–Crippen MR) is 102 cm³/mol. The standard InChI is InChI=1S/C20H25N3O4/c1-3-20(12(2)19(24)25)8-4-9-22-10-7-15-14-6-5-13(23(26)27)11-16(14)21-17(15)18(20)22/h5-6,11-12,18,21H,3-4,7-10H2,1-2H3,(H,24,25)/t12?,18-,20+/m1/s1. The van der Waals surface area contributed by atoms with Gasteiger partial charge in [0.25, 0.3) is 5.69 Å². The Morgan fingerprint density at radius 2 is 2.26 bits per heavy atom. The van der Waals surface area contributed by atoms with Crippen molar-refractivity contribution in [3.8, 4) is 0 Å². The van der Waals surface area contributed by atoms with Crippen molar-refractivity contribution in [1.82, 2.24) is 9.88 Å². The van der Waals surface area contributed by atoms with Gasteiger partial charge in [-0.15, -0.1) is 0 Å². The van der Waals surface area contributed by atoms with Crippen molar-refractivity contribution in [3.63, 3.8) is 0 Å². The lowest BCUT2D eigenvalue weighted by Gasteiger charge is -2.53. The molecule has 1 unspecified atom stereocenters. The molecule has 0 spiro atoms. The van der Waals surface area contributed by atoms with Crippen molar-refractivity contribution in [2.24, 2.45) is 11.3 Å². The molecule has 144 valence electrons. The molecule has 2 aromatic rings. The van der Waals surface area contributed by atoms with Crippen molar-refractivity contribution < 1.29 is 14.8 Å². The first-order chi connectivity index (χ1) is 12.9. The summed E-state index contributed by atoms with van der Waals surface area (Å²) in [5, 5.41) is 22.0. The second kappa shape index (κ2) is 6.34. The molecular formula is C20H25N3O4. The van der Waals surface area contributed by atoms with Crippen LogP contribution in [0.1, 0.15) is 50.4 Å². The summed E-state index contributed by atoms with van der Waals surface area (Å²) in [6.45, 7) is 5.78. The molecule has 2 aliphatic heterocycles. The van der Waals surface area contributed by atoms with E-state index in [9.17, 15) is 20.0 Å². The average Bonchev–Trinajstić information content (AvgIpc) is 3.04. The first kappa shape index (κ1) is 18.0. The monoisotopic (exact) mass is 371 g/mol. The fourth-order valence-electron chi connectivity index (χ4n) is 5.46. The molecular weight excluding hydrogens is 346 g/mol. The Hall–Kier alpha value is -2.41. The van der Waals surface area contributed by atoms with Gasteiger partial charge in [0.05, 0.1) is 22.4 Å². The molecule has 0 radical (unpaired) electrons. The minimum Gasteiger partial charge on any atom is -0.481 e. The van der Waals surface area contributed by atoms with Crippen molar-refractivity contribution in [1.29, 1.82) is 0 Å². The molecule has 1 saturated heterocycles. The van der Waals surface area contributed by atoms with E-state index in [1.165, 1.54) is 5.56 Å². The molecule has 1 aromatic carbocycles. The molecule has 1 fully saturated rings. The number of nitrogens with zero attached hydrogens (tertiary/aromatic N) is 2. The van der Waals surface area contributed by atoms with Gasteiger partial charge in [-0.25, -0.2) is 0 Å². The number of carboxylic acids is 1. The molecule has 0 amide bonds. The van der Waals surface area contributed by atoms with E-state index in [0.29, 0.717) is 0 Å². The number of benzene rings is 1. The number of H-pyrrole nitrogens is 1. The Morgan fingerprint density at radius 3 is 2.93 bits per heavy atom. The van der Waals surface area contributed by atoms with Crippen LogP contribution in [0.15, 0.2) is 18.2 Å². The number of nitro benzene ring substituents is 1. The molecule has 2 aliphatic rings. The lowest BCUT2D eigenvalue weighted by Crippen LogP contribution is -2.53. The Balaban J connectivity index is 1.90. The van der Waals surface area contributed by atoms with Crippen LogP contribution in [0.2, 0.25) is 0 Å². The number of nitrogens with one attached hydrogen (secondary N) is 1. The summed E-state index contributed by atoms with van der Waals surface area (Å²) in [5.74, 6) is -1.21. The summed E-state index contributed by atoms with van der Waals surface area (Å²) in [6.07, 6.45) is 3.55. The number of rotatable bonds is 4. The number of carbonyl (C=O) groups is 1. The van der Waals surface area contributed by atoms with Crippen LogP contribution in [-0.4, -0.2) is 39.0 Å². The molecule has 7 heteroatoms. The van der Waals surface area contributed by atoms with Gasteiger partial charge in [0.15, 0.2) is 0 Å². The summed E-state index contributed by atoms with van der Waals surface area (Å²) < 4.78 is 0. The van der Waals surface area contributed by atoms with Crippen LogP contribution < -0.4 is 0 Å². The number of carboxylic acid groups (broad SMARTS) is 1. The van der Waals surface area contributed by atoms with Crippen molar-refractivity contribution >= 4 is 22.6 Å². The molecule has 0 aliphatic carbocycles. The Morgan fingerprint density at radius 1 is 1.48 bits per heavy atom. The van der Waals surface area contributed by atoms with Gasteiger partial charge in [0, 0.05) is 35.2 Å². The number of aromatic nitrogens is 1. The lowest BCUT2D eigenvalue weighted by molar-refractivity contribution is -0.384. The number of aliphatic carboxylic acids is 1. The molecule has 0 bridgehead atoms. The van der Waals surface area contributed by atoms with E-state index >= 15 is 0 Å². The zero-order chi connectivity index (χ0) is 19.3. The normalized spacial score (nSPS) is 26.4. The van der Waals surface area contributed by atoms with E-state index < -0.39 is 11.9 Å². The van der Waals surface area contributed by atoms with Gasteiger partial charge < -0.3 is 10.1 Å². The third-order valence-electron chi connectivity index (χ3n) is 6.94. The van der Waals surface area contributed by atoms with Crippen LogP contribution in [0.3, 0.4) is 0 Å². The largest absolute Gasteiger partial charge is 0.481 e. The number of nitro groups is 1. The third kappa shape index (κ3) is 2.56. The summed E-state index contributed by atoms with van der Waals surface area (Å²) in [4.78, 5) is 28.6. The first-order valence-corrected chi connectivity index (χ1v) is 9.64. The second-order valence-corrected chi connectivity index (χ2v) is 7.94. The van der Waals surface area contributed by atoms with Gasteiger partial charge in [0.2, 0.25) is 0 Å². The van der Waals surface area contributed by atoms with Gasteiger partial charge in [-0.3, -0.25) is 19.8 Å². The first-order valence-electron chi connectivity index (χ1n) is 9.64. The van der Waals surface area contributed by atoms with Crippen molar-refractivity contribution in [3.05, 3.63) is 39.6 Å². The van der Waals surface area contributed by atoms with Gasteiger partial charge in [0.1, 0.15) is 0 Å². The molecule has 3 atom stereocenters. The van der Waals surface area contributed by atoms with E-state index in [1.54, 1.807) is 12.1 Å². The van der Waals surface area contributed by atoms with Crippen LogP contribution in [0.4, 0.5) is 5.69 Å². The van der Waals surface area contributed by atoms with E-state index in [2.05, 4.69) is 16.8 Å². The second-order valence-electron chi connectivity index (χ2n) is 7.94. The Labute approximate surface area is 157 Å². The van der Waals surface area contributed by atoms with E-state index in [-0.39, 0.29) is 22.1 Å². The molecule has 27 heavy (non-hydrogen) atoms. The zero-order valence-corrected chi connectivity index (χ0v) is 15.7. The van der Waals surface area contributed by atoms with E-state index in [4.69, 9.17) is 0 Å². The Bertz CT molecular complexity index is 921. The van der Waals surface area contributed by atoms with Crippen molar-refractivity contribution in [2.45, 2.75) is 45.6 Å². The van der Waals surface area contributed by atoms with E-state index in [0.717, 1.165) is 55.4 Å². The lowest BCUT2D eigenvalue weighted by atomic mass is 9.61. The summed E-state index contributed by atoms with van der Waals surface area (Å²) >= 11 is 0. The Kier molecular flexibility index (Phi) is 4.22. The summed E-state index contributed by atoms with van der Waals surface area (Å²) in [7, 11) is 0. The molecule has 7 nitrogen and oxygen atoms in total. The number of non-ortho nitro benzene ring substituents is 1. The SMILES string of the molecule is CC[C@@]1(C(C)C(=O)O)CCCN2CCc3c([nH]c4cc([N+](=O)[O-])ccc34)[C@@H]21. The van der Waals surface area contributed by atoms with Crippen LogP contribution >= 0.6 is 0 Å². The highest BCUT2D eigenvalue weighted by atomic mass is 16.6. The molecule has 2 N–H and O–H groups in total. The van der Waals surface area contributed by atoms with Crippen molar-refractivity contribution in [2.75, 3.05) is 13.1 Å². The maximum absolute atomic E-state index is 11.9. The van der Waals surface area contributed by atoms with Gasteiger partial charge in [-0.05, 0) is 43.9 Å². The predicted octanol–water partition coefficient (Wildman–Crippen LogP) is 3.89. The van der Waals surface area contributed by atoms with Crippen LogP contribution in [0.5, 0.6) is 0 Å². The zero-order valence-electron chi connectivity index (χ0n) is 15.7.